The Morgan fingerprint density at radius 3 is 1.27 bits per heavy atom. The van der Waals surface area contributed by atoms with E-state index in [1.807, 2.05) is 163 Å². The van der Waals surface area contributed by atoms with Gasteiger partial charge in [-0.25, -0.2) is 83.8 Å². The lowest BCUT2D eigenvalue weighted by atomic mass is 9.95. The van der Waals surface area contributed by atoms with Crippen LogP contribution in [0.5, 0.6) is 0 Å². The van der Waals surface area contributed by atoms with E-state index < -0.39 is 5.60 Å². The van der Waals surface area contributed by atoms with Gasteiger partial charge in [-0.05, 0) is 151 Å². The average molecular weight is 1840 g/mol. The molecule has 41 heteroatoms. The number of nitrogens with one attached hydrogen (secondary N) is 6. The maximum Gasteiger partial charge on any atom is 0.410 e. The fraction of sp³-hybridized carbons (Fsp3) is 0.372. The minimum atomic E-state index is -0.559. The number of nitrogens with zero attached hydrogens (tertiary/aromatic N) is 21. The molecule has 1 unspecified atom stereocenters. The molecule has 8 aliphatic heterocycles. The molecule has 3 fully saturated rings. The predicted octanol–water partition coefficient (Wildman–Crippen LogP) is 11.0. The average Bonchev–Trinajstić information content (AvgIpc) is 1.63. The van der Waals surface area contributed by atoms with Crippen molar-refractivity contribution in [3.63, 3.8) is 0 Å². The molecule has 1 atom stereocenters. The van der Waals surface area contributed by atoms with Gasteiger partial charge in [0.15, 0.2) is 23.3 Å². The van der Waals surface area contributed by atoms with Gasteiger partial charge in [0.05, 0.1) is 132 Å². The lowest BCUT2D eigenvalue weighted by Gasteiger charge is -2.29. The summed E-state index contributed by atoms with van der Waals surface area (Å²) in [6.07, 6.45) is 11.2. The van der Waals surface area contributed by atoms with E-state index in [-0.39, 0.29) is 60.6 Å². The Kier molecular flexibility index (Phi) is 29.8. The van der Waals surface area contributed by atoms with Crippen molar-refractivity contribution in [2.45, 2.75) is 125 Å². The molecule has 0 bridgehead atoms. The van der Waals surface area contributed by atoms with Crippen LogP contribution in [0.2, 0.25) is 0 Å². The third-order valence-electron chi connectivity index (χ3n) is 22.8. The van der Waals surface area contributed by atoms with E-state index in [2.05, 4.69) is 86.3 Å². The number of ether oxygens (including phenoxy) is 6. The molecule has 8 amide bonds. The number of fused-ring (bicyclic) bond motifs is 4. The van der Waals surface area contributed by atoms with Crippen LogP contribution in [0.15, 0.2) is 152 Å². The standard InChI is InChI=1S/C28H32N6O4.2C23H27N9O2.C20H24N6O3/c1-2-29-27(35)30-22-11-9-21(10-12-22)25-31-24-18-34(28(36)38-19-20-7-4-3-5-8-20)17-23(24)26(32-25)33-13-6-15-37-16-14-33;2*1-2-25-23(33)27-16-5-3-15(4-6-16)20-28-18-14-32(19-7-8-26-22(24)29-19)13-17(18)21(30-20)31-9-11-34-12-10-31;1-20(2,3)29-19(27)26-10-14-15(11-26)24-17(13-8-22-18(21)23-9-13)25-16(14)12-4-6-28-7-5-12/h3-5,7-12H,2,6,13-19H2,1H3,(H2,29,30,35);2*3-8H,2,9-14H2,1H3,(H2,24,26,29)(H2,25,27,33);4,6,8-9,12H,5,7,10-11H2,1-3H3,(H2,21,22,23). The van der Waals surface area contributed by atoms with Gasteiger partial charge >= 0.3 is 30.3 Å². The summed E-state index contributed by atoms with van der Waals surface area (Å²) in [5.74, 6) is 7.38. The van der Waals surface area contributed by atoms with Crippen LogP contribution in [0.1, 0.15) is 117 Å². The van der Waals surface area contributed by atoms with Crippen LogP contribution < -0.4 is 73.6 Å². The van der Waals surface area contributed by atoms with E-state index in [4.69, 9.17) is 85.5 Å². The Labute approximate surface area is 780 Å². The van der Waals surface area contributed by atoms with E-state index in [9.17, 15) is 24.0 Å². The molecule has 0 radical (unpaired) electrons. The Balaban J connectivity index is 0.000000131. The lowest BCUT2D eigenvalue weighted by molar-refractivity contribution is 0.0240. The molecule has 15 heterocycles. The number of morpholine rings is 2. The summed E-state index contributed by atoms with van der Waals surface area (Å²) in [6.45, 7) is 26.4. The van der Waals surface area contributed by atoms with Crippen LogP contribution in [-0.2, 0) is 87.4 Å². The molecule has 4 aromatic carbocycles. The Morgan fingerprint density at radius 2 is 0.830 bits per heavy atom. The fourth-order valence-electron chi connectivity index (χ4n) is 16.2. The van der Waals surface area contributed by atoms with Crippen molar-refractivity contribution in [3.8, 4) is 45.6 Å². The molecule has 11 aromatic rings. The number of nitrogens with two attached hydrogens (primary N) is 3. The second kappa shape index (κ2) is 43.3. The van der Waals surface area contributed by atoms with Crippen LogP contribution in [0.25, 0.3) is 45.6 Å². The van der Waals surface area contributed by atoms with Crippen LogP contribution in [-0.4, -0.2) is 221 Å². The van der Waals surface area contributed by atoms with Crippen molar-refractivity contribution in [1.29, 1.82) is 0 Å². The van der Waals surface area contributed by atoms with Crippen LogP contribution in [0.3, 0.4) is 0 Å². The third-order valence-corrected chi connectivity index (χ3v) is 22.8. The number of benzene rings is 4. The maximum atomic E-state index is 12.9. The number of carbonyl (C=O) groups excluding carboxylic acids is 5. The van der Waals surface area contributed by atoms with E-state index in [0.717, 1.165) is 154 Å². The number of amides is 8. The van der Waals surface area contributed by atoms with Gasteiger partial charge in [-0.15, -0.1) is 0 Å². The van der Waals surface area contributed by atoms with Gasteiger partial charge in [0, 0.05) is 152 Å². The summed E-state index contributed by atoms with van der Waals surface area (Å²) in [4.78, 5) is 139. The number of hydrogen-bond donors (Lipinski definition) is 9. The van der Waals surface area contributed by atoms with Crippen molar-refractivity contribution >= 4 is 94.3 Å². The summed E-state index contributed by atoms with van der Waals surface area (Å²) in [6, 6.07) is 35.2. The van der Waals surface area contributed by atoms with Crippen LogP contribution in [0, 0.1) is 0 Å². The highest BCUT2D eigenvalue weighted by Crippen LogP contribution is 2.40. The largest absolute Gasteiger partial charge is 0.501 e. The summed E-state index contributed by atoms with van der Waals surface area (Å²) >= 11 is 0. The number of rotatable bonds is 18. The fourth-order valence-corrected chi connectivity index (χ4v) is 16.2. The number of aromatic nitrogens is 14. The molecule has 3 saturated heterocycles. The molecular weight excluding hydrogens is 1730 g/mol. The van der Waals surface area contributed by atoms with E-state index in [1.54, 1.807) is 40.8 Å². The van der Waals surface area contributed by atoms with Gasteiger partial charge in [-0.1, -0.05) is 30.3 Å². The number of urea groups is 3. The van der Waals surface area contributed by atoms with Gasteiger partial charge < -0.3 is 102 Å². The number of carbonyl (C=O) groups is 5. The topological polar surface area (TPSA) is 494 Å². The van der Waals surface area contributed by atoms with Gasteiger partial charge in [-0.2, -0.15) is 9.97 Å². The molecule has 41 nitrogen and oxygen atoms in total. The number of nitrogen functional groups attached to an aromatic ring is 3. The zero-order valence-electron chi connectivity index (χ0n) is 76.2. The smallest absolute Gasteiger partial charge is 0.410 e. The second-order valence-electron chi connectivity index (χ2n) is 33.5. The zero-order chi connectivity index (χ0) is 93.9. The summed E-state index contributed by atoms with van der Waals surface area (Å²) in [5, 5.41) is 16.6. The van der Waals surface area contributed by atoms with Crippen molar-refractivity contribution in [2.75, 3.05) is 163 Å². The minimum Gasteiger partial charge on any atom is -0.501 e. The monoisotopic (exact) mass is 1830 g/mol. The van der Waals surface area contributed by atoms with Crippen LogP contribution >= 0.6 is 0 Å². The Bertz CT molecular complexity index is 5840. The molecule has 19 rings (SSSR count). The van der Waals surface area contributed by atoms with Crippen molar-refractivity contribution in [1.82, 2.24) is 95.5 Å². The first-order chi connectivity index (χ1) is 65.6. The Hall–Kier alpha value is -15.4. The highest BCUT2D eigenvalue weighted by atomic mass is 16.6. The number of anilines is 11. The normalized spacial score (nSPS) is 15.8. The van der Waals surface area contributed by atoms with Crippen molar-refractivity contribution in [3.05, 3.63) is 209 Å². The molecule has 8 aliphatic rings. The summed E-state index contributed by atoms with van der Waals surface area (Å²) < 4.78 is 33.2. The lowest BCUT2D eigenvalue weighted by Crippen LogP contribution is -2.37. The van der Waals surface area contributed by atoms with Gasteiger partial charge in [0.1, 0.15) is 41.3 Å². The highest BCUT2D eigenvalue weighted by molar-refractivity contribution is 5.91. The zero-order valence-corrected chi connectivity index (χ0v) is 76.2. The van der Waals surface area contributed by atoms with Crippen LogP contribution in [0.4, 0.5) is 88.0 Å². The third kappa shape index (κ3) is 23.7. The van der Waals surface area contributed by atoms with E-state index in [1.165, 1.54) is 0 Å². The predicted molar refractivity (Wildman–Crippen MR) is 508 cm³/mol. The molecule has 12 N–H and O–H groups in total. The molecule has 135 heavy (non-hydrogen) atoms. The van der Waals surface area contributed by atoms with Gasteiger partial charge in [0.25, 0.3) is 0 Å². The Morgan fingerprint density at radius 1 is 0.415 bits per heavy atom. The van der Waals surface area contributed by atoms with Crippen molar-refractivity contribution < 1.29 is 52.4 Å². The molecule has 0 saturated carbocycles. The number of allylic oxidation sites excluding steroid dienone is 1. The number of hydrogen-bond acceptors (Lipinski definition) is 33. The molecular formula is C94H110N30O11. The molecule has 0 spiro atoms. The first kappa shape index (κ1) is 92.9. The molecule has 0 aliphatic carbocycles. The van der Waals surface area contributed by atoms with Gasteiger partial charge in [0.2, 0.25) is 17.8 Å². The molecule has 7 aromatic heterocycles. The minimum absolute atomic E-state index is 0.0903. The SMILES string of the molecule is CC(C)(C)OC(=O)N1Cc2nc(-c3cnc(N)nc3)nc(C3C=COCC3)c2C1.CCNC(=O)Nc1ccc(-c2nc3c(c(N4CCCOCC4)n2)CN(C(=O)OCc2ccccc2)C3)cc1.CCNC(=O)Nc1ccc(-c2nc3c(c(N4CCOCC4)n2)CN(c2ccnc(N)n2)C3)cc1.CCNC(=O)Nc1ccc(-c2nc3c(c(N4CCOCC4)n2)CN(c2ccnc(N)n2)C3)cc1. The van der Waals surface area contributed by atoms with Gasteiger partial charge in [-0.3, -0.25) is 9.80 Å². The quantitative estimate of drug-likeness (QED) is 0.0385. The summed E-state index contributed by atoms with van der Waals surface area (Å²) in [5.41, 5.74) is 31.5. The molecule has 702 valence electrons. The van der Waals surface area contributed by atoms with Crippen molar-refractivity contribution in [2.24, 2.45) is 0 Å². The second-order valence-corrected chi connectivity index (χ2v) is 33.5. The maximum absolute atomic E-state index is 12.9. The van der Waals surface area contributed by atoms with E-state index in [0.29, 0.717) is 164 Å². The first-order valence-corrected chi connectivity index (χ1v) is 45.1. The van der Waals surface area contributed by atoms with E-state index >= 15 is 0 Å². The highest BCUT2D eigenvalue weighted by Gasteiger charge is 2.37. The first-order valence-electron chi connectivity index (χ1n) is 45.1. The summed E-state index contributed by atoms with van der Waals surface area (Å²) in [7, 11) is 0.